The van der Waals surface area contributed by atoms with Gasteiger partial charge in [0.25, 0.3) is 0 Å². The fourth-order valence-electron chi connectivity index (χ4n) is 2.86. The lowest BCUT2D eigenvalue weighted by Crippen LogP contribution is -2.21. The fraction of sp³-hybridized carbons (Fsp3) is 0.174. The number of nitrogens with zero attached hydrogens (tertiary/aromatic N) is 3. The topological polar surface area (TPSA) is 77.2 Å². The molecule has 4 rings (SSSR count). The molecule has 0 fully saturated rings. The molecular formula is C23H20F3N3O3. The van der Waals surface area contributed by atoms with Crippen LogP contribution < -0.4 is 4.74 Å². The Morgan fingerprint density at radius 2 is 1.62 bits per heavy atom. The van der Waals surface area contributed by atoms with Crippen molar-refractivity contribution in [3.8, 4) is 22.6 Å². The highest BCUT2D eigenvalue weighted by Gasteiger charge is 2.38. The average Bonchev–Trinajstić information content (AvgIpc) is 3.24. The summed E-state index contributed by atoms with van der Waals surface area (Å²) in [4.78, 5) is 13.0. The molecule has 2 aromatic heterocycles. The van der Waals surface area contributed by atoms with E-state index in [0.717, 1.165) is 33.3 Å². The van der Waals surface area contributed by atoms with E-state index in [9.17, 15) is 13.2 Å². The van der Waals surface area contributed by atoms with Crippen LogP contribution in [0.25, 0.3) is 27.6 Å². The highest BCUT2D eigenvalue weighted by atomic mass is 19.4. The van der Waals surface area contributed by atoms with E-state index in [-0.39, 0.29) is 6.10 Å². The Balaban J connectivity index is 0.000000360. The van der Waals surface area contributed by atoms with Crippen molar-refractivity contribution in [2.75, 3.05) is 0 Å². The number of aromatic nitrogens is 3. The molecule has 0 atom stereocenters. The number of pyridine rings is 1. The number of rotatable bonds is 4. The van der Waals surface area contributed by atoms with Gasteiger partial charge in [-0.15, -0.1) is 0 Å². The molecule has 2 aromatic carbocycles. The lowest BCUT2D eigenvalue weighted by molar-refractivity contribution is -0.192. The van der Waals surface area contributed by atoms with E-state index in [0.29, 0.717) is 0 Å². The van der Waals surface area contributed by atoms with E-state index in [1.165, 1.54) is 0 Å². The van der Waals surface area contributed by atoms with Gasteiger partial charge in [-0.25, -0.2) is 9.48 Å². The van der Waals surface area contributed by atoms with Crippen molar-refractivity contribution in [3.05, 3.63) is 73.3 Å². The molecule has 0 amide bonds. The van der Waals surface area contributed by atoms with Crippen LogP contribution in [0, 0.1) is 0 Å². The Morgan fingerprint density at radius 3 is 2.25 bits per heavy atom. The van der Waals surface area contributed by atoms with Gasteiger partial charge in [0.05, 0.1) is 18.0 Å². The lowest BCUT2D eigenvalue weighted by Gasteiger charge is -2.11. The second-order valence-corrected chi connectivity index (χ2v) is 7.07. The number of alkyl halides is 3. The van der Waals surface area contributed by atoms with Crippen molar-refractivity contribution < 1.29 is 27.8 Å². The molecule has 0 spiro atoms. The maximum absolute atomic E-state index is 10.6. The molecule has 0 saturated carbocycles. The van der Waals surface area contributed by atoms with Crippen molar-refractivity contribution in [1.82, 2.24) is 14.8 Å². The monoisotopic (exact) mass is 443 g/mol. The van der Waals surface area contributed by atoms with Crippen LogP contribution in [0.5, 0.6) is 5.75 Å². The number of carbonyl (C=O) groups is 1. The van der Waals surface area contributed by atoms with E-state index < -0.39 is 12.1 Å². The highest BCUT2D eigenvalue weighted by molar-refractivity contribution is 5.85. The van der Waals surface area contributed by atoms with Gasteiger partial charge in [-0.05, 0) is 66.6 Å². The van der Waals surface area contributed by atoms with Crippen LogP contribution in [0.1, 0.15) is 13.8 Å². The number of carboxylic acids is 1. The average molecular weight is 443 g/mol. The minimum atomic E-state index is -5.08. The molecule has 32 heavy (non-hydrogen) atoms. The number of halogens is 3. The number of fused-ring (bicyclic) bond motifs is 1. The summed E-state index contributed by atoms with van der Waals surface area (Å²) in [6.07, 6.45) is 2.58. The lowest BCUT2D eigenvalue weighted by atomic mass is 10.1. The van der Waals surface area contributed by atoms with Crippen LogP contribution >= 0.6 is 0 Å². The van der Waals surface area contributed by atoms with Crippen LogP contribution in [0.15, 0.2) is 73.3 Å². The summed E-state index contributed by atoms with van der Waals surface area (Å²) in [6.45, 7) is 4.07. The molecule has 1 N–H and O–H groups in total. The first-order chi connectivity index (χ1) is 15.1. The molecule has 0 radical (unpaired) electrons. The third-order valence-electron chi connectivity index (χ3n) is 4.27. The van der Waals surface area contributed by atoms with Crippen LogP contribution in [0.4, 0.5) is 13.2 Å². The van der Waals surface area contributed by atoms with E-state index in [1.807, 2.05) is 49.1 Å². The quantitative estimate of drug-likeness (QED) is 0.450. The smallest absolute Gasteiger partial charge is 0.490 e. The maximum atomic E-state index is 10.6. The number of ether oxygens (including phenoxy) is 1. The maximum Gasteiger partial charge on any atom is 0.490 e. The Kier molecular flexibility index (Phi) is 6.77. The third-order valence-corrected chi connectivity index (χ3v) is 4.27. The van der Waals surface area contributed by atoms with E-state index in [4.69, 9.17) is 14.6 Å². The summed E-state index contributed by atoms with van der Waals surface area (Å²) in [6, 6.07) is 16.5. The standard InChI is InChI=1S/C21H19N3O.C2HF3O2/c1-15(2)25-21-6-4-17-11-20(5-3-18(17)12-21)24-14-19(13-23-24)16-7-9-22-10-8-16;3-2(4,5)1(6)7/h3-15H,1-2H3;(H,6,7). The SMILES string of the molecule is CC(C)Oc1ccc2cc(-n3cc(-c4ccncc4)cn3)ccc2c1.O=C(O)C(F)(F)F. The van der Waals surface area contributed by atoms with Crippen molar-refractivity contribution in [2.24, 2.45) is 0 Å². The van der Waals surface area contributed by atoms with Crippen LogP contribution in [0.2, 0.25) is 0 Å². The van der Waals surface area contributed by atoms with Gasteiger partial charge in [-0.3, -0.25) is 4.98 Å². The largest absolute Gasteiger partial charge is 0.491 e. The summed E-state index contributed by atoms with van der Waals surface area (Å²) in [5.41, 5.74) is 3.21. The molecule has 9 heteroatoms. The van der Waals surface area contributed by atoms with Gasteiger partial charge in [-0.1, -0.05) is 12.1 Å². The van der Waals surface area contributed by atoms with Gasteiger partial charge in [-0.2, -0.15) is 18.3 Å². The van der Waals surface area contributed by atoms with Crippen molar-refractivity contribution in [1.29, 1.82) is 0 Å². The van der Waals surface area contributed by atoms with Gasteiger partial charge < -0.3 is 9.84 Å². The predicted molar refractivity (Wildman–Crippen MR) is 114 cm³/mol. The summed E-state index contributed by atoms with van der Waals surface area (Å²) in [5.74, 6) is -1.86. The Morgan fingerprint density at radius 1 is 1.00 bits per heavy atom. The molecule has 2 heterocycles. The fourth-order valence-corrected chi connectivity index (χ4v) is 2.86. The molecule has 0 aliphatic heterocycles. The van der Waals surface area contributed by atoms with Crippen molar-refractivity contribution >= 4 is 16.7 Å². The first-order valence-electron chi connectivity index (χ1n) is 9.59. The minimum Gasteiger partial charge on any atom is -0.491 e. The molecule has 0 bridgehead atoms. The zero-order chi connectivity index (χ0) is 23.3. The zero-order valence-electron chi connectivity index (χ0n) is 17.2. The first-order valence-corrected chi connectivity index (χ1v) is 9.59. The molecular weight excluding hydrogens is 423 g/mol. The van der Waals surface area contributed by atoms with Gasteiger partial charge in [0.2, 0.25) is 0 Å². The predicted octanol–water partition coefficient (Wildman–Crippen LogP) is 5.51. The van der Waals surface area contributed by atoms with Gasteiger partial charge >= 0.3 is 12.1 Å². The normalized spacial score (nSPS) is 11.2. The number of benzene rings is 2. The summed E-state index contributed by atoms with van der Waals surface area (Å²) in [5, 5.41) is 13.9. The number of carboxylic acid groups (broad SMARTS) is 1. The van der Waals surface area contributed by atoms with Crippen LogP contribution in [-0.4, -0.2) is 38.1 Å². The zero-order valence-corrected chi connectivity index (χ0v) is 17.2. The van der Waals surface area contributed by atoms with E-state index in [2.05, 4.69) is 40.4 Å². The molecule has 0 aliphatic rings. The molecule has 6 nitrogen and oxygen atoms in total. The van der Waals surface area contributed by atoms with Crippen LogP contribution in [0.3, 0.4) is 0 Å². The Labute approximate surface area is 181 Å². The molecule has 4 aromatic rings. The van der Waals surface area contributed by atoms with Gasteiger partial charge in [0.15, 0.2) is 0 Å². The van der Waals surface area contributed by atoms with Crippen molar-refractivity contribution in [2.45, 2.75) is 26.1 Å². The Bertz CT molecular complexity index is 1210. The first kappa shape index (κ1) is 22.8. The number of hydrogen-bond acceptors (Lipinski definition) is 4. The molecule has 0 saturated heterocycles. The van der Waals surface area contributed by atoms with Gasteiger partial charge in [0, 0.05) is 24.2 Å². The van der Waals surface area contributed by atoms with Crippen molar-refractivity contribution in [3.63, 3.8) is 0 Å². The van der Waals surface area contributed by atoms with E-state index in [1.54, 1.807) is 12.4 Å². The Hall–Kier alpha value is -3.88. The number of hydrogen-bond donors (Lipinski definition) is 1. The second kappa shape index (κ2) is 9.51. The third kappa shape index (κ3) is 5.84. The minimum absolute atomic E-state index is 0.174. The van der Waals surface area contributed by atoms with E-state index >= 15 is 0 Å². The molecule has 166 valence electrons. The van der Waals surface area contributed by atoms with Gasteiger partial charge in [0.1, 0.15) is 5.75 Å². The number of aliphatic carboxylic acids is 1. The molecule has 0 unspecified atom stereocenters. The summed E-state index contributed by atoms with van der Waals surface area (Å²) in [7, 11) is 0. The summed E-state index contributed by atoms with van der Waals surface area (Å²) >= 11 is 0. The molecule has 0 aliphatic carbocycles. The highest BCUT2D eigenvalue weighted by Crippen LogP contribution is 2.25. The second-order valence-electron chi connectivity index (χ2n) is 7.07. The van der Waals surface area contributed by atoms with Crippen LogP contribution in [-0.2, 0) is 4.79 Å². The summed E-state index contributed by atoms with van der Waals surface area (Å²) < 4.78 is 39.4.